The Hall–Kier alpha value is -1.79. The molecule has 1 aromatic carbocycles. The molecular weight excluding hydrogens is 250 g/mol. The molecule has 1 aliphatic carbocycles. The lowest BCUT2D eigenvalue weighted by Gasteiger charge is -2.12. The minimum Gasteiger partial charge on any atom is -0.395 e. The highest BCUT2D eigenvalue weighted by atomic mass is 16.2. The van der Waals surface area contributed by atoms with Gasteiger partial charge in [-0.15, -0.1) is 0 Å². The van der Waals surface area contributed by atoms with Crippen molar-refractivity contribution in [3.8, 4) is 11.8 Å². The summed E-state index contributed by atoms with van der Waals surface area (Å²) in [6.45, 7) is 2.95. The largest absolute Gasteiger partial charge is 0.395 e. The first-order valence-corrected chi connectivity index (χ1v) is 7.19. The van der Waals surface area contributed by atoms with Crippen molar-refractivity contribution in [2.75, 3.05) is 13.2 Å². The molecule has 0 spiro atoms. The maximum Gasteiger partial charge on any atom is 0.252 e. The molecule has 0 aromatic heterocycles. The Morgan fingerprint density at radius 1 is 1.45 bits per heavy atom. The summed E-state index contributed by atoms with van der Waals surface area (Å²) in [4.78, 5) is 12.2. The summed E-state index contributed by atoms with van der Waals surface area (Å²) in [5.74, 6) is 7.08. The number of amides is 1. The van der Waals surface area contributed by atoms with Crippen LogP contribution >= 0.6 is 0 Å². The molecular formula is C17H21NO2. The van der Waals surface area contributed by atoms with Gasteiger partial charge < -0.3 is 10.4 Å². The lowest BCUT2D eigenvalue weighted by atomic mass is 10.0. The summed E-state index contributed by atoms with van der Waals surface area (Å²) >= 11 is 0. The van der Waals surface area contributed by atoms with Crippen LogP contribution in [0.5, 0.6) is 0 Å². The normalized spacial score (nSPS) is 15.1. The van der Waals surface area contributed by atoms with E-state index in [9.17, 15) is 4.79 Å². The van der Waals surface area contributed by atoms with Gasteiger partial charge in [0.05, 0.1) is 12.2 Å². The second-order valence-electron chi connectivity index (χ2n) is 5.35. The minimum absolute atomic E-state index is 0.0419. The standard InChI is InChI=1S/C17H21NO2/c1-13(14-9-10-14)12-18-17(20)16-8-3-2-6-15(16)7-4-5-11-19/h2-3,6,8,13-14,19H,5,9-12H2,1H3,(H,18,20). The van der Waals surface area contributed by atoms with Crippen LogP contribution in [0.3, 0.4) is 0 Å². The van der Waals surface area contributed by atoms with Crippen molar-refractivity contribution in [2.45, 2.75) is 26.2 Å². The van der Waals surface area contributed by atoms with Gasteiger partial charge >= 0.3 is 0 Å². The van der Waals surface area contributed by atoms with Crippen LogP contribution in [-0.2, 0) is 0 Å². The molecule has 1 amide bonds. The molecule has 1 aliphatic rings. The van der Waals surface area contributed by atoms with Gasteiger partial charge in [-0.05, 0) is 36.8 Å². The Labute approximate surface area is 120 Å². The van der Waals surface area contributed by atoms with Gasteiger partial charge in [-0.2, -0.15) is 0 Å². The van der Waals surface area contributed by atoms with E-state index in [1.807, 2.05) is 18.2 Å². The molecule has 0 heterocycles. The van der Waals surface area contributed by atoms with Crippen LogP contribution in [0.2, 0.25) is 0 Å². The van der Waals surface area contributed by atoms with E-state index >= 15 is 0 Å². The van der Waals surface area contributed by atoms with Crippen molar-refractivity contribution in [1.29, 1.82) is 0 Å². The average Bonchev–Trinajstić information content (AvgIpc) is 3.30. The van der Waals surface area contributed by atoms with Crippen LogP contribution in [0, 0.1) is 23.7 Å². The van der Waals surface area contributed by atoms with Gasteiger partial charge in [0.25, 0.3) is 5.91 Å². The first kappa shape index (κ1) is 14.6. The molecule has 0 radical (unpaired) electrons. The highest BCUT2D eigenvalue weighted by molar-refractivity contribution is 5.96. The molecule has 0 saturated heterocycles. The van der Waals surface area contributed by atoms with Crippen LogP contribution in [0.15, 0.2) is 24.3 Å². The third kappa shape index (κ3) is 4.11. The second kappa shape index (κ2) is 7.12. The monoisotopic (exact) mass is 271 g/mol. The predicted molar refractivity (Wildman–Crippen MR) is 79.2 cm³/mol. The number of carbonyl (C=O) groups is 1. The van der Waals surface area contributed by atoms with E-state index in [0.29, 0.717) is 17.9 Å². The number of aliphatic hydroxyl groups is 1. The summed E-state index contributed by atoms with van der Waals surface area (Å²) in [6, 6.07) is 7.34. The molecule has 1 atom stereocenters. The molecule has 1 unspecified atom stereocenters. The topological polar surface area (TPSA) is 49.3 Å². The van der Waals surface area contributed by atoms with Crippen LogP contribution in [-0.4, -0.2) is 24.2 Å². The summed E-state index contributed by atoms with van der Waals surface area (Å²) in [7, 11) is 0. The Bertz CT molecular complexity index is 523. The third-order valence-corrected chi connectivity index (χ3v) is 3.64. The quantitative estimate of drug-likeness (QED) is 0.807. The van der Waals surface area contributed by atoms with Gasteiger partial charge in [0.1, 0.15) is 0 Å². The first-order chi connectivity index (χ1) is 9.72. The van der Waals surface area contributed by atoms with E-state index < -0.39 is 0 Å². The van der Waals surface area contributed by atoms with E-state index in [0.717, 1.165) is 18.0 Å². The zero-order valence-electron chi connectivity index (χ0n) is 11.9. The lowest BCUT2D eigenvalue weighted by molar-refractivity contribution is 0.0946. The fourth-order valence-corrected chi connectivity index (χ4v) is 2.18. The fourth-order valence-electron chi connectivity index (χ4n) is 2.18. The summed E-state index contributed by atoms with van der Waals surface area (Å²) in [5, 5.41) is 11.7. The number of hydrogen-bond acceptors (Lipinski definition) is 2. The van der Waals surface area contributed by atoms with Crippen molar-refractivity contribution < 1.29 is 9.90 Å². The van der Waals surface area contributed by atoms with E-state index in [1.54, 1.807) is 6.07 Å². The number of rotatable bonds is 5. The Morgan fingerprint density at radius 2 is 2.20 bits per heavy atom. The maximum absolute atomic E-state index is 12.2. The number of benzene rings is 1. The van der Waals surface area contributed by atoms with Crippen LogP contribution in [0.25, 0.3) is 0 Å². The highest BCUT2D eigenvalue weighted by Crippen LogP contribution is 2.36. The molecule has 3 nitrogen and oxygen atoms in total. The van der Waals surface area contributed by atoms with Gasteiger partial charge in [0.2, 0.25) is 0 Å². The van der Waals surface area contributed by atoms with Gasteiger partial charge in [-0.1, -0.05) is 30.9 Å². The average molecular weight is 271 g/mol. The van der Waals surface area contributed by atoms with Crippen molar-refractivity contribution in [3.05, 3.63) is 35.4 Å². The molecule has 3 heteroatoms. The van der Waals surface area contributed by atoms with Gasteiger partial charge in [-0.25, -0.2) is 0 Å². The summed E-state index contributed by atoms with van der Waals surface area (Å²) in [6.07, 6.45) is 3.01. The molecule has 106 valence electrons. The van der Waals surface area contributed by atoms with E-state index in [1.165, 1.54) is 12.8 Å². The predicted octanol–water partition coefficient (Wildman–Crippen LogP) is 2.20. The number of carbonyl (C=O) groups excluding carboxylic acids is 1. The second-order valence-corrected chi connectivity index (χ2v) is 5.35. The lowest BCUT2D eigenvalue weighted by Crippen LogP contribution is -2.29. The fraction of sp³-hybridized carbons (Fsp3) is 0.471. The number of aliphatic hydroxyl groups excluding tert-OH is 1. The van der Waals surface area contributed by atoms with E-state index in [-0.39, 0.29) is 12.5 Å². The summed E-state index contributed by atoms with van der Waals surface area (Å²) in [5.41, 5.74) is 1.33. The molecule has 2 N–H and O–H groups in total. The number of nitrogens with one attached hydrogen (secondary N) is 1. The zero-order valence-corrected chi connectivity index (χ0v) is 11.9. The molecule has 2 rings (SSSR count). The molecule has 0 aliphatic heterocycles. The minimum atomic E-state index is -0.0635. The Morgan fingerprint density at radius 3 is 2.90 bits per heavy atom. The van der Waals surface area contributed by atoms with E-state index in [4.69, 9.17) is 5.11 Å². The van der Waals surface area contributed by atoms with Gasteiger partial charge in [0.15, 0.2) is 0 Å². The van der Waals surface area contributed by atoms with Gasteiger partial charge in [0, 0.05) is 18.5 Å². The Balaban J connectivity index is 1.99. The van der Waals surface area contributed by atoms with Gasteiger partial charge in [-0.3, -0.25) is 4.79 Å². The molecule has 1 fully saturated rings. The van der Waals surface area contributed by atoms with Crippen molar-refractivity contribution in [3.63, 3.8) is 0 Å². The smallest absolute Gasteiger partial charge is 0.252 e. The molecule has 1 aromatic rings. The molecule has 20 heavy (non-hydrogen) atoms. The van der Waals surface area contributed by atoms with Crippen LogP contribution in [0.4, 0.5) is 0 Å². The Kier molecular flexibility index (Phi) is 5.20. The molecule has 1 saturated carbocycles. The maximum atomic E-state index is 12.2. The number of hydrogen-bond donors (Lipinski definition) is 2. The highest BCUT2D eigenvalue weighted by Gasteiger charge is 2.28. The van der Waals surface area contributed by atoms with Crippen LogP contribution < -0.4 is 5.32 Å². The van der Waals surface area contributed by atoms with Crippen molar-refractivity contribution in [1.82, 2.24) is 5.32 Å². The summed E-state index contributed by atoms with van der Waals surface area (Å²) < 4.78 is 0. The van der Waals surface area contributed by atoms with E-state index in [2.05, 4.69) is 24.1 Å². The third-order valence-electron chi connectivity index (χ3n) is 3.64. The van der Waals surface area contributed by atoms with Crippen molar-refractivity contribution in [2.24, 2.45) is 11.8 Å². The molecule has 0 bridgehead atoms. The van der Waals surface area contributed by atoms with Crippen molar-refractivity contribution >= 4 is 5.91 Å². The first-order valence-electron chi connectivity index (χ1n) is 7.19. The SMILES string of the molecule is CC(CNC(=O)c1ccccc1C#CCCO)C1CC1. The van der Waals surface area contributed by atoms with Crippen LogP contribution in [0.1, 0.15) is 42.1 Å². The zero-order chi connectivity index (χ0) is 14.4.